The molecule has 0 radical (unpaired) electrons. The molecule has 0 aliphatic carbocycles. The second kappa shape index (κ2) is 13.3. The van der Waals surface area contributed by atoms with Gasteiger partial charge in [0.05, 0.1) is 16.8 Å². The second-order valence-electron chi connectivity index (χ2n) is 12.4. The molecule has 0 bridgehead atoms. The number of carbonyl (C=O) groups is 3. The number of allylic oxidation sites excluding steroid dienone is 6. The highest BCUT2D eigenvalue weighted by Crippen LogP contribution is 2.46. The highest BCUT2D eigenvalue weighted by Gasteiger charge is 2.45. The largest absolute Gasteiger partial charge is 0.329 e. The first-order valence-corrected chi connectivity index (χ1v) is 15.3. The molecule has 2 aliphatic rings. The number of halogens is 1. The predicted octanol–water partition coefficient (Wildman–Crippen LogP) is 7.94. The van der Waals surface area contributed by atoms with Crippen LogP contribution in [0.15, 0.2) is 65.6 Å². The molecule has 2 aliphatic heterocycles. The monoisotopic (exact) mass is 593 g/mol. The van der Waals surface area contributed by atoms with Gasteiger partial charge in [-0.25, -0.2) is 9.18 Å². The minimum absolute atomic E-state index is 0.133. The average Bonchev–Trinajstić information content (AvgIpc) is 3.29. The Kier molecular flexibility index (Phi) is 10.5. The Morgan fingerprint density at radius 3 is 2.55 bits per heavy atom. The summed E-state index contributed by atoms with van der Waals surface area (Å²) < 4.78 is 15.0. The van der Waals surface area contributed by atoms with Gasteiger partial charge in [0.1, 0.15) is 5.82 Å². The Morgan fingerprint density at radius 2 is 1.93 bits per heavy atom. The number of nitrogens with one attached hydrogen (secondary N) is 2. The first-order valence-electron chi connectivity index (χ1n) is 14.4. The zero-order valence-corrected chi connectivity index (χ0v) is 26.9. The van der Waals surface area contributed by atoms with E-state index in [0.717, 1.165) is 16.9 Å². The number of ketones is 1. The summed E-state index contributed by atoms with van der Waals surface area (Å²) in [6.45, 7) is 19.7. The van der Waals surface area contributed by atoms with Gasteiger partial charge in [-0.3, -0.25) is 9.59 Å². The topological polar surface area (TPSA) is 78.5 Å². The Labute approximate surface area is 254 Å². The van der Waals surface area contributed by atoms with E-state index in [1.165, 1.54) is 23.4 Å². The fourth-order valence-corrected chi connectivity index (χ4v) is 6.15. The summed E-state index contributed by atoms with van der Waals surface area (Å²) >= 11 is 1.43. The third-order valence-electron chi connectivity index (χ3n) is 7.78. The summed E-state index contributed by atoms with van der Waals surface area (Å²) in [7, 11) is 0. The van der Waals surface area contributed by atoms with Gasteiger partial charge >= 0.3 is 6.03 Å². The zero-order chi connectivity index (χ0) is 31.4. The van der Waals surface area contributed by atoms with E-state index in [-0.39, 0.29) is 22.8 Å². The van der Waals surface area contributed by atoms with Crippen LogP contribution in [0.25, 0.3) is 5.57 Å². The van der Waals surface area contributed by atoms with Crippen LogP contribution in [0.3, 0.4) is 0 Å². The lowest BCUT2D eigenvalue weighted by atomic mass is 9.91. The Balaban J connectivity index is 1.88. The molecule has 2 N–H and O–H groups in total. The van der Waals surface area contributed by atoms with Crippen LogP contribution in [0, 0.1) is 24.1 Å². The van der Waals surface area contributed by atoms with E-state index < -0.39 is 28.7 Å². The Morgan fingerprint density at radius 1 is 1.24 bits per heavy atom. The van der Waals surface area contributed by atoms with Gasteiger partial charge in [-0.15, -0.1) is 11.8 Å². The number of benzene rings is 1. The van der Waals surface area contributed by atoms with Gasteiger partial charge in [0.15, 0.2) is 5.78 Å². The molecule has 2 unspecified atom stereocenters. The van der Waals surface area contributed by atoms with Gasteiger partial charge in [-0.1, -0.05) is 70.2 Å². The lowest BCUT2D eigenvalue weighted by Crippen LogP contribution is -2.55. The maximum Gasteiger partial charge on any atom is 0.320 e. The second-order valence-corrected chi connectivity index (χ2v) is 13.6. The Bertz CT molecular complexity index is 1380. The number of anilines is 1. The summed E-state index contributed by atoms with van der Waals surface area (Å²) in [6, 6.07) is 2.46. The molecule has 3 amide bonds. The number of thioether (sulfide) groups is 1. The molecular weight excluding hydrogens is 549 g/mol. The molecular formula is C34H44FN3O3S. The molecule has 0 aromatic heterocycles. The minimum Gasteiger partial charge on any atom is -0.329 e. The van der Waals surface area contributed by atoms with Crippen LogP contribution in [0.2, 0.25) is 0 Å². The van der Waals surface area contributed by atoms with Crippen LogP contribution >= 0.6 is 11.8 Å². The summed E-state index contributed by atoms with van der Waals surface area (Å²) in [6.07, 6.45) is 12.3. The highest BCUT2D eigenvalue weighted by molar-refractivity contribution is 8.04. The van der Waals surface area contributed by atoms with Crippen molar-refractivity contribution in [1.82, 2.24) is 10.2 Å². The molecule has 226 valence electrons. The van der Waals surface area contributed by atoms with E-state index in [4.69, 9.17) is 0 Å². The normalized spacial score (nSPS) is 21.1. The van der Waals surface area contributed by atoms with Crippen molar-refractivity contribution in [1.29, 1.82) is 0 Å². The molecule has 2 heterocycles. The molecule has 42 heavy (non-hydrogen) atoms. The van der Waals surface area contributed by atoms with Gasteiger partial charge in [0.25, 0.3) is 0 Å². The quantitative estimate of drug-likeness (QED) is 0.315. The third kappa shape index (κ3) is 7.51. The lowest BCUT2D eigenvalue weighted by Gasteiger charge is -2.38. The number of carbonyl (C=O) groups excluding carboxylic acids is 3. The molecule has 8 heteroatoms. The van der Waals surface area contributed by atoms with Crippen molar-refractivity contribution in [2.24, 2.45) is 11.3 Å². The molecule has 3 rings (SSSR count). The van der Waals surface area contributed by atoms with Crippen LogP contribution in [0.1, 0.15) is 72.4 Å². The molecule has 0 fully saturated rings. The number of urea groups is 1. The number of nitrogens with zero attached hydrogens (tertiary/aromatic N) is 1. The third-order valence-corrected chi connectivity index (χ3v) is 9.45. The maximum atomic E-state index is 15.0. The van der Waals surface area contributed by atoms with Crippen molar-refractivity contribution in [2.75, 3.05) is 11.9 Å². The maximum absolute atomic E-state index is 15.0. The Hall–Kier alpha value is -3.39. The standard InChI is InChI=1S/C34H44FN3O3S/c1-10-21(3)15-16-23(11-2)25-18-24(19-27(35)22(25)4)36-32(41)37-30-26(20-29(42-30)33(5,6)7)31(40)38-17-13-12-14-28(39)34(38,8)9/h11-12,14-16,18-20,26,30H,2,10,13,17H2,1,3-9H3,(H2,36,37,41)/b21-15+,23-16+. The molecule has 0 spiro atoms. The van der Waals surface area contributed by atoms with Gasteiger partial charge in [-0.2, -0.15) is 0 Å². The van der Waals surface area contributed by atoms with Crippen molar-refractivity contribution >= 4 is 40.7 Å². The number of hydrogen-bond donors (Lipinski definition) is 2. The minimum atomic E-state index is -1.00. The SMILES string of the molecule is C=C/C(=C\C=C(/C)CC)c1cc(NC(=O)NC2SC(C(C)(C)C)=CC2C(=O)N2CCC=CC(=O)C2(C)C)cc(F)c1C. The van der Waals surface area contributed by atoms with Crippen molar-refractivity contribution in [3.63, 3.8) is 0 Å². The lowest BCUT2D eigenvalue weighted by molar-refractivity contribution is -0.144. The molecule has 1 aromatic carbocycles. The first kappa shape index (κ1) is 33.1. The van der Waals surface area contributed by atoms with Crippen molar-refractivity contribution in [3.8, 4) is 0 Å². The average molecular weight is 594 g/mol. The van der Waals surface area contributed by atoms with E-state index in [2.05, 4.69) is 44.9 Å². The van der Waals surface area contributed by atoms with Crippen LogP contribution in [0.5, 0.6) is 0 Å². The van der Waals surface area contributed by atoms with Gasteiger partial charge < -0.3 is 15.5 Å². The van der Waals surface area contributed by atoms with Crippen molar-refractivity contribution in [3.05, 3.63) is 82.6 Å². The van der Waals surface area contributed by atoms with Crippen LogP contribution in [0.4, 0.5) is 14.9 Å². The molecule has 0 saturated carbocycles. The highest BCUT2D eigenvalue weighted by atomic mass is 32.2. The van der Waals surface area contributed by atoms with Crippen molar-refractivity contribution in [2.45, 2.75) is 79.1 Å². The van der Waals surface area contributed by atoms with E-state index in [1.807, 2.05) is 25.2 Å². The van der Waals surface area contributed by atoms with Gasteiger partial charge in [0, 0.05) is 12.2 Å². The zero-order valence-electron chi connectivity index (χ0n) is 26.1. The summed E-state index contributed by atoms with van der Waals surface area (Å²) in [5, 5.41) is 5.11. The van der Waals surface area contributed by atoms with E-state index in [1.54, 1.807) is 50.0 Å². The molecule has 1 aromatic rings. The van der Waals surface area contributed by atoms with E-state index in [9.17, 15) is 14.4 Å². The van der Waals surface area contributed by atoms with Crippen molar-refractivity contribution < 1.29 is 18.8 Å². The number of hydrogen-bond acceptors (Lipinski definition) is 4. The van der Waals surface area contributed by atoms with Gasteiger partial charge in [-0.05, 0) is 85.8 Å². The fraction of sp³-hybridized carbons (Fsp3) is 0.441. The van der Waals surface area contributed by atoms with Crippen LogP contribution in [-0.2, 0) is 9.59 Å². The molecule has 6 nitrogen and oxygen atoms in total. The predicted molar refractivity (Wildman–Crippen MR) is 172 cm³/mol. The number of rotatable bonds is 7. The fourth-order valence-electron chi connectivity index (χ4n) is 4.79. The number of amides is 3. The summed E-state index contributed by atoms with van der Waals surface area (Å²) in [5.74, 6) is -1.47. The molecule has 2 atom stereocenters. The smallest absolute Gasteiger partial charge is 0.320 e. The van der Waals surface area contributed by atoms with Crippen LogP contribution < -0.4 is 10.6 Å². The van der Waals surface area contributed by atoms with E-state index in [0.29, 0.717) is 24.1 Å². The van der Waals surface area contributed by atoms with Gasteiger partial charge in [0.2, 0.25) is 5.91 Å². The summed E-state index contributed by atoms with van der Waals surface area (Å²) in [4.78, 5) is 42.6. The van der Waals surface area contributed by atoms with E-state index >= 15 is 4.39 Å². The first-order chi connectivity index (χ1) is 19.6. The van der Waals surface area contributed by atoms with Crippen LogP contribution in [-0.4, -0.2) is 40.1 Å². The summed E-state index contributed by atoms with van der Waals surface area (Å²) in [5.41, 5.74) is 2.04. The molecule has 0 saturated heterocycles.